The van der Waals surface area contributed by atoms with Crippen molar-refractivity contribution in [3.8, 4) is 11.4 Å². The summed E-state index contributed by atoms with van der Waals surface area (Å²) in [6, 6.07) is 13.4. The molecule has 0 amide bonds. The number of rotatable bonds is 1. The zero-order valence-electron chi connectivity index (χ0n) is 10.4. The molecule has 0 spiro atoms. The number of aryl methyl sites for hydroxylation is 1. The lowest BCUT2D eigenvalue weighted by Crippen LogP contribution is -1.98. The van der Waals surface area contributed by atoms with Crippen molar-refractivity contribution in [1.29, 1.82) is 0 Å². The van der Waals surface area contributed by atoms with E-state index in [1.807, 2.05) is 37.3 Å². The van der Waals surface area contributed by atoms with E-state index in [9.17, 15) is 0 Å². The first-order chi connectivity index (χ1) is 9.15. The summed E-state index contributed by atoms with van der Waals surface area (Å²) in [6.45, 7) is 2.03. The molecule has 1 heterocycles. The fraction of sp³-hybridized carbons (Fsp3) is 0.0667. The molecule has 0 aliphatic rings. The quantitative estimate of drug-likeness (QED) is 0.730. The van der Waals surface area contributed by atoms with Gasteiger partial charge >= 0.3 is 0 Å². The van der Waals surface area contributed by atoms with Crippen LogP contribution in [0.3, 0.4) is 0 Å². The summed E-state index contributed by atoms with van der Waals surface area (Å²) >= 11 is 5.96. The van der Waals surface area contributed by atoms with Crippen LogP contribution in [0.1, 0.15) is 5.56 Å². The van der Waals surface area contributed by atoms with Crippen molar-refractivity contribution >= 4 is 28.3 Å². The number of nitrogen functional groups attached to an aromatic ring is 1. The Morgan fingerprint density at radius 3 is 2.63 bits per heavy atom. The minimum absolute atomic E-state index is 0.450. The smallest absolute Gasteiger partial charge is 0.162 e. The molecule has 3 rings (SSSR count). The predicted molar refractivity (Wildman–Crippen MR) is 79.1 cm³/mol. The SMILES string of the molecule is Cc1ccccc1-c1nc(N)c2cc(Cl)ccc2n1. The van der Waals surface area contributed by atoms with E-state index in [1.54, 1.807) is 12.1 Å². The molecule has 0 aliphatic carbocycles. The van der Waals surface area contributed by atoms with E-state index in [1.165, 1.54) is 0 Å². The average Bonchev–Trinajstić information content (AvgIpc) is 2.40. The summed E-state index contributed by atoms with van der Waals surface area (Å²) in [5, 5.41) is 1.41. The van der Waals surface area contributed by atoms with Gasteiger partial charge in [0.1, 0.15) is 5.82 Å². The van der Waals surface area contributed by atoms with Gasteiger partial charge < -0.3 is 5.73 Å². The van der Waals surface area contributed by atoms with E-state index in [-0.39, 0.29) is 0 Å². The molecule has 2 N–H and O–H groups in total. The standard InChI is InChI=1S/C15H12ClN3/c1-9-4-2-3-5-11(9)15-18-13-7-6-10(16)8-12(13)14(17)19-15/h2-8H,1H3,(H2,17,18,19). The van der Waals surface area contributed by atoms with Gasteiger partial charge in [-0.3, -0.25) is 0 Å². The molecule has 0 aliphatic heterocycles. The van der Waals surface area contributed by atoms with E-state index in [4.69, 9.17) is 17.3 Å². The summed E-state index contributed by atoms with van der Waals surface area (Å²) in [7, 11) is 0. The number of benzene rings is 2. The van der Waals surface area contributed by atoms with Crippen molar-refractivity contribution in [1.82, 2.24) is 9.97 Å². The number of halogens is 1. The zero-order chi connectivity index (χ0) is 13.4. The van der Waals surface area contributed by atoms with Gasteiger partial charge in [-0.05, 0) is 30.7 Å². The summed E-state index contributed by atoms with van der Waals surface area (Å²) in [5.41, 5.74) is 8.92. The third-order valence-corrected chi connectivity index (χ3v) is 3.31. The van der Waals surface area contributed by atoms with Gasteiger partial charge in [-0.2, -0.15) is 0 Å². The molecule has 0 radical (unpaired) electrons. The van der Waals surface area contributed by atoms with Gasteiger partial charge in [-0.15, -0.1) is 0 Å². The van der Waals surface area contributed by atoms with Crippen LogP contribution in [0.5, 0.6) is 0 Å². The Hall–Kier alpha value is -2.13. The lowest BCUT2D eigenvalue weighted by Gasteiger charge is -2.07. The molecule has 0 unspecified atom stereocenters. The van der Waals surface area contributed by atoms with Crippen LogP contribution < -0.4 is 5.73 Å². The Morgan fingerprint density at radius 1 is 1.05 bits per heavy atom. The monoisotopic (exact) mass is 269 g/mol. The van der Waals surface area contributed by atoms with E-state index >= 15 is 0 Å². The number of hydrogen-bond acceptors (Lipinski definition) is 3. The van der Waals surface area contributed by atoms with Crippen LogP contribution in [0.25, 0.3) is 22.3 Å². The van der Waals surface area contributed by atoms with Gasteiger partial charge in [-0.1, -0.05) is 35.9 Å². The zero-order valence-corrected chi connectivity index (χ0v) is 11.1. The first-order valence-corrected chi connectivity index (χ1v) is 6.32. The fourth-order valence-electron chi connectivity index (χ4n) is 2.07. The van der Waals surface area contributed by atoms with E-state index in [0.717, 1.165) is 22.0 Å². The van der Waals surface area contributed by atoms with Gasteiger partial charge in [0.15, 0.2) is 5.82 Å². The largest absolute Gasteiger partial charge is 0.383 e. The number of anilines is 1. The Kier molecular flexibility index (Phi) is 2.84. The Labute approximate surface area is 116 Å². The van der Waals surface area contributed by atoms with Crippen LogP contribution >= 0.6 is 11.6 Å². The molecule has 0 atom stereocenters. The number of aromatic nitrogens is 2. The number of hydrogen-bond donors (Lipinski definition) is 1. The van der Waals surface area contributed by atoms with Crippen molar-refractivity contribution in [3.63, 3.8) is 0 Å². The van der Waals surface area contributed by atoms with E-state index in [2.05, 4.69) is 9.97 Å². The van der Waals surface area contributed by atoms with Gasteiger partial charge in [0, 0.05) is 16.0 Å². The average molecular weight is 270 g/mol. The van der Waals surface area contributed by atoms with Gasteiger partial charge in [0.25, 0.3) is 0 Å². The van der Waals surface area contributed by atoms with Gasteiger partial charge in [0.2, 0.25) is 0 Å². The number of nitrogens with zero attached hydrogens (tertiary/aromatic N) is 2. The minimum atomic E-state index is 0.450. The molecule has 2 aromatic carbocycles. The Bertz CT molecular complexity index is 768. The lowest BCUT2D eigenvalue weighted by atomic mass is 10.1. The molecule has 3 aromatic rings. The van der Waals surface area contributed by atoms with E-state index < -0.39 is 0 Å². The topological polar surface area (TPSA) is 51.8 Å². The molecule has 0 saturated carbocycles. The van der Waals surface area contributed by atoms with Crippen LogP contribution in [-0.4, -0.2) is 9.97 Å². The summed E-state index contributed by atoms with van der Waals surface area (Å²) < 4.78 is 0. The summed E-state index contributed by atoms with van der Waals surface area (Å²) in [5.74, 6) is 1.09. The van der Waals surface area contributed by atoms with Crippen LogP contribution in [0, 0.1) is 6.92 Å². The highest BCUT2D eigenvalue weighted by Gasteiger charge is 2.09. The molecule has 4 heteroatoms. The molecule has 19 heavy (non-hydrogen) atoms. The van der Waals surface area contributed by atoms with Gasteiger partial charge in [-0.25, -0.2) is 9.97 Å². The summed E-state index contributed by atoms with van der Waals surface area (Å²) in [6.07, 6.45) is 0. The normalized spacial score (nSPS) is 10.8. The molecular weight excluding hydrogens is 258 g/mol. The lowest BCUT2D eigenvalue weighted by molar-refractivity contribution is 1.22. The third kappa shape index (κ3) is 2.13. The van der Waals surface area contributed by atoms with E-state index in [0.29, 0.717) is 16.7 Å². The molecule has 0 bridgehead atoms. The van der Waals surface area contributed by atoms with Crippen molar-refractivity contribution in [2.45, 2.75) is 6.92 Å². The molecule has 0 fully saturated rings. The van der Waals surface area contributed by atoms with Crippen LogP contribution in [0.4, 0.5) is 5.82 Å². The third-order valence-electron chi connectivity index (χ3n) is 3.07. The maximum Gasteiger partial charge on any atom is 0.162 e. The second-order valence-electron chi connectivity index (χ2n) is 4.41. The highest BCUT2D eigenvalue weighted by atomic mass is 35.5. The molecule has 0 saturated heterocycles. The predicted octanol–water partition coefficient (Wildman–Crippen LogP) is 3.84. The van der Waals surface area contributed by atoms with Gasteiger partial charge in [0.05, 0.1) is 5.52 Å². The Morgan fingerprint density at radius 2 is 1.84 bits per heavy atom. The van der Waals surface area contributed by atoms with Crippen LogP contribution in [0.15, 0.2) is 42.5 Å². The van der Waals surface area contributed by atoms with Crippen LogP contribution in [-0.2, 0) is 0 Å². The van der Waals surface area contributed by atoms with Crippen molar-refractivity contribution in [2.24, 2.45) is 0 Å². The molecule has 94 valence electrons. The first-order valence-electron chi connectivity index (χ1n) is 5.94. The summed E-state index contributed by atoms with van der Waals surface area (Å²) in [4.78, 5) is 8.94. The molecule has 1 aromatic heterocycles. The molecule has 3 nitrogen and oxygen atoms in total. The van der Waals surface area contributed by atoms with Crippen molar-refractivity contribution < 1.29 is 0 Å². The molecular formula is C15H12ClN3. The van der Waals surface area contributed by atoms with Crippen molar-refractivity contribution in [2.75, 3.05) is 5.73 Å². The highest BCUT2D eigenvalue weighted by Crippen LogP contribution is 2.26. The maximum absolute atomic E-state index is 6.00. The second-order valence-corrected chi connectivity index (χ2v) is 4.85. The Balaban J connectivity index is 2.27. The number of nitrogens with two attached hydrogens (primary N) is 1. The van der Waals surface area contributed by atoms with Crippen molar-refractivity contribution in [3.05, 3.63) is 53.1 Å². The number of fused-ring (bicyclic) bond motifs is 1. The fourth-order valence-corrected chi connectivity index (χ4v) is 2.24. The second kappa shape index (κ2) is 4.52. The first kappa shape index (κ1) is 11.9. The van der Waals surface area contributed by atoms with Crippen LogP contribution in [0.2, 0.25) is 5.02 Å². The maximum atomic E-state index is 6.00. The highest BCUT2D eigenvalue weighted by molar-refractivity contribution is 6.31. The minimum Gasteiger partial charge on any atom is -0.383 e.